The molecule has 22 heavy (non-hydrogen) atoms. The second kappa shape index (κ2) is 7.20. The number of para-hydroxylation sites is 1. The van der Waals surface area contributed by atoms with Gasteiger partial charge < -0.3 is 4.90 Å². The molecule has 0 unspecified atom stereocenters. The van der Waals surface area contributed by atoms with Crippen molar-refractivity contribution >= 4 is 23.2 Å². The van der Waals surface area contributed by atoms with Gasteiger partial charge in [0.15, 0.2) is 0 Å². The third-order valence-electron chi connectivity index (χ3n) is 3.97. The molecule has 0 saturated heterocycles. The van der Waals surface area contributed by atoms with Crippen LogP contribution in [0.25, 0.3) is 0 Å². The smallest absolute Gasteiger partial charge is 0.270 e. The van der Waals surface area contributed by atoms with Crippen LogP contribution in [0.5, 0.6) is 0 Å². The van der Waals surface area contributed by atoms with Gasteiger partial charge in [0, 0.05) is 25.9 Å². The Labute approximate surface area is 131 Å². The quantitative estimate of drug-likeness (QED) is 0.839. The molecule has 0 spiro atoms. The number of anilines is 1. The standard InChI is InChI=1S/C17H23N3O2/c1-4-8-13(2)19(3)17(22)15-11-12-16(21)20(18-15)14-9-6-5-7-10-14/h5-7,9-10,13H,4,8,11-12H2,1-3H3/t13-/m1/s1. The predicted molar refractivity (Wildman–Crippen MR) is 87.7 cm³/mol. The van der Waals surface area contributed by atoms with Crippen molar-refractivity contribution in [3.63, 3.8) is 0 Å². The fourth-order valence-electron chi connectivity index (χ4n) is 2.49. The van der Waals surface area contributed by atoms with E-state index in [4.69, 9.17) is 0 Å². The molecule has 0 N–H and O–H groups in total. The first-order chi connectivity index (χ1) is 10.5. The van der Waals surface area contributed by atoms with E-state index in [1.807, 2.05) is 37.3 Å². The molecule has 0 bridgehead atoms. The third kappa shape index (κ3) is 3.53. The van der Waals surface area contributed by atoms with Crippen LogP contribution in [0.4, 0.5) is 5.69 Å². The van der Waals surface area contributed by atoms with Crippen LogP contribution in [0.15, 0.2) is 35.4 Å². The monoisotopic (exact) mass is 301 g/mol. The van der Waals surface area contributed by atoms with Crippen molar-refractivity contribution in [2.24, 2.45) is 5.10 Å². The first-order valence-electron chi connectivity index (χ1n) is 7.77. The Morgan fingerprint density at radius 2 is 2.00 bits per heavy atom. The number of amides is 2. The molecule has 1 aliphatic rings. The lowest BCUT2D eigenvalue weighted by Gasteiger charge is -2.28. The van der Waals surface area contributed by atoms with Gasteiger partial charge in [0.05, 0.1) is 5.69 Å². The molecular weight excluding hydrogens is 278 g/mol. The number of carbonyl (C=O) groups excluding carboxylic acids is 2. The number of benzene rings is 1. The van der Waals surface area contributed by atoms with Crippen molar-refractivity contribution < 1.29 is 9.59 Å². The summed E-state index contributed by atoms with van der Waals surface area (Å²) < 4.78 is 0. The van der Waals surface area contributed by atoms with Crippen LogP contribution < -0.4 is 5.01 Å². The summed E-state index contributed by atoms with van der Waals surface area (Å²) in [5.41, 5.74) is 1.15. The van der Waals surface area contributed by atoms with Crippen LogP contribution in [-0.2, 0) is 9.59 Å². The number of hydrogen-bond donors (Lipinski definition) is 0. The summed E-state index contributed by atoms with van der Waals surface area (Å²) in [5.74, 6) is -0.165. The lowest BCUT2D eigenvalue weighted by Crippen LogP contribution is -2.43. The zero-order valence-electron chi connectivity index (χ0n) is 13.5. The number of nitrogens with zero attached hydrogens (tertiary/aromatic N) is 3. The second-order valence-corrected chi connectivity index (χ2v) is 5.64. The van der Waals surface area contributed by atoms with Crippen molar-refractivity contribution in [2.75, 3.05) is 12.1 Å². The van der Waals surface area contributed by atoms with Gasteiger partial charge in [-0.2, -0.15) is 5.10 Å². The fraction of sp³-hybridized carbons (Fsp3) is 0.471. The normalized spacial score (nSPS) is 16.2. The molecule has 0 fully saturated rings. The Hall–Kier alpha value is -2.17. The summed E-state index contributed by atoms with van der Waals surface area (Å²) in [5, 5.41) is 5.65. The third-order valence-corrected chi connectivity index (χ3v) is 3.97. The Balaban J connectivity index is 2.20. The molecule has 2 rings (SSSR count). The van der Waals surface area contributed by atoms with Crippen LogP contribution in [-0.4, -0.2) is 35.5 Å². The summed E-state index contributed by atoms with van der Waals surface area (Å²) in [7, 11) is 1.80. The molecule has 0 aliphatic carbocycles. The van der Waals surface area contributed by atoms with E-state index in [0.29, 0.717) is 24.2 Å². The van der Waals surface area contributed by atoms with Gasteiger partial charge in [0.2, 0.25) is 5.91 Å². The minimum Gasteiger partial charge on any atom is -0.338 e. The summed E-state index contributed by atoms with van der Waals surface area (Å²) in [6, 6.07) is 9.39. The lowest BCUT2D eigenvalue weighted by molar-refractivity contribution is -0.125. The molecule has 0 saturated carbocycles. The zero-order chi connectivity index (χ0) is 16.1. The van der Waals surface area contributed by atoms with Crippen molar-refractivity contribution in [1.82, 2.24) is 4.90 Å². The number of rotatable bonds is 5. The van der Waals surface area contributed by atoms with E-state index in [9.17, 15) is 9.59 Å². The average Bonchev–Trinajstić information content (AvgIpc) is 2.55. The van der Waals surface area contributed by atoms with Gasteiger partial charge in [-0.15, -0.1) is 0 Å². The molecule has 0 aromatic heterocycles. The Morgan fingerprint density at radius 3 is 2.64 bits per heavy atom. The topological polar surface area (TPSA) is 53.0 Å². The minimum absolute atomic E-state index is 0.0768. The van der Waals surface area contributed by atoms with E-state index in [2.05, 4.69) is 12.0 Å². The van der Waals surface area contributed by atoms with E-state index >= 15 is 0 Å². The number of carbonyl (C=O) groups is 2. The van der Waals surface area contributed by atoms with Crippen LogP contribution >= 0.6 is 0 Å². The van der Waals surface area contributed by atoms with Crippen molar-refractivity contribution in [3.8, 4) is 0 Å². The summed E-state index contributed by atoms with van der Waals surface area (Å²) >= 11 is 0. The van der Waals surface area contributed by atoms with Crippen molar-refractivity contribution in [2.45, 2.75) is 45.6 Å². The van der Waals surface area contributed by atoms with Gasteiger partial charge >= 0.3 is 0 Å². The summed E-state index contributed by atoms with van der Waals surface area (Å²) in [4.78, 5) is 26.3. The van der Waals surface area contributed by atoms with E-state index in [-0.39, 0.29) is 17.9 Å². The Morgan fingerprint density at radius 1 is 1.32 bits per heavy atom. The SMILES string of the molecule is CCC[C@@H](C)N(C)C(=O)C1=NN(c2ccccc2)C(=O)CC1. The van der Waals surface area contributed by atoms with Gasteiger partial charge in [0.25, 0.3) is 5.91 Å². The lowest BCUT2D eigenvalue weighted by atomic mass is 10.1. The average molecular weight is 301 g/mol. The van der Waals surface area contributed by atoms with Crippen molar-refractivity contribution in [3.05, 3.63) is 30.3 Å². The Bertz CT molecular complexity index is 569. The highest BCUT2D eigenvalue weighted by atomic mass is 16.2. The molecule has 1 atom stereocenters. The molecule has 5 nitrogen and oxygen atoms in total. The van der Waals surface area contributed by atoms with Gasteiger partial charge in [-0.1, -0.05) is 31.5 Å². The van der Waals surface area contributed by atoms with Gasteiger partial charge in [-0.3, -0.25) is 9.59 Å². The minimum atomic E-state index is -0.0885. The largest absolute Gasteiger partial charge is 0.338 e. The maximum Gasteiger partial charge on any atom is 0.270 e. The van der Waals surface area contributed by atoms with Gasteiger partial charge in [0.1, 0.15) is 5.71 Å². The van der Waals surface area contributed by atoms with Crippen LogP contribution in [0.2, 0.25) is 0 Å². The molecule has 1 aromatic rings. The molecule has 118 valence electrons. The van der Waals surface area contributed by atoms with Crippen LogP contribution in [0.3, 0.4) is 0 Å². The molecule has 1 aliphatic heterocycles. The van der Waals surface area contributed by atoms with E-state index in [0.717, 1.165) is 12.8 Å². The molecule has 2 amide bonds. The first kappa shape index (κ1) is 16.2. The van der Waals surface area contributed by atoms with E-state index in [1.54, 1.807) is 11.9 Å². The number of hydrazone groups is 1. The highest BCUT2D eigenvalue weighted by molar-refractivity contribution is 6.40. The Kier molecular flexibility index (Phi) is 5.31. The molecule has 0 radical (unpaired) electrons. The molecular formula is C17H23N3O2. The number of hydrogen-bond acceptors (Lipinski definition) is 3. The molecule has 5 heteroatoms. The molecule has 1 heterocycles. The van der Waals surface area contributed by atoms with E-state index < -0.39 is 0 Å². The van der Waals surface area contributed by atoms with E-state index in [1.165, 1.54) is 5.01 Å². The zero-order valence-corrected chi connectivity index (χ0v) is 13.5. The van der Waals surface area contributed by atoms with Crippen molar-refractivity contribution in [1.29, 1.82) is 0 Å². The highest BCUT2D eigenvalue weighted by Gasteiger charge is 2.28. The predicted octanol–water partition coefficient (Wildman–Crippen LogP) is 2.82. The fourth-order valence-corrected chi connectivity index (χ4v) is 2.49. The van der Waals surface area contributed by atoms with Gasteiger partial charge in [-0.05, 0) is 25.5 Å². The summed E-state index contributed by atoms with van der Waals surface area (Å²) in [6.07, 6.45) is 2.70. The van der Waals surface area contributed by atoms with Crippen LogP contribution in [0, 0.1) is 0 Å². The summed E-state index contributed by atoms with van der Waals surface area (Å²) in [6.45, 7) is 4.13. The van der Waals surface area contributed by atoms with Crippen LogP contribution in [0.1, 0.15) is 39.5 Å². The first-order valence-corrected chi connectivity index (χ1v) is 7.77. The molecule has 1 aromatic carbocycles. The maximum absolute atomic E-state index is 12.6. The maximum atomic E-state index is 12.6. The highest BCUT2D eigenvalue weighted by Crippen LogP contribution is 2.20. The van der Waals surface area contributed by atoms with Gasteiger partial charge in [-0.25, -0.2) is 5.01 Å². The second-order valence-electron chi connectivity index (χ2n) is 5.64.